The summed E-state index contributed by atoms with van der Waals surface area (Å²) in [4.78, 5) is 23.4. The summed E-state index contributed by atoms with van der Waals surface area (Å²) in [5.74, 6) is -1.32. The quantitative estimate of drug-likeness (QED) is 0.761. The van der Waals surface area contributed by atoms with Gasteiger partial charge in [0.05, 0.1) is 6.04 Å². The van der Waals surface area contributed by atoms with E-state index in [0.717, 1.165) is 12.8 Å². The van der Waals surface area contributed by atoms with Crippen LogP contribution in [0.25, 0.3) is 0 Å². The van der Waals surface area contributed by atoms with Gasteiger partial charge in [0.1, 0.15) is 5.54 Å². The first kappa shape index (κ1) is 13.5. The number of nitrogens with one attached hydrogen (secondary N) is 1. The van der Waals surface area contributed by atoms with Gasteiger partial charge in [-0.2, -0.15) is 0 Å². The molecule has 0 aliphatic heterocycles. The molecule has 19 heavy (non-hydrogen) atoms. The van der Waals surface area contributed by atoms with Crippen LogP contribution in [-0.2, 0) is 4.79 Å². The second-order valence-corrected chi connectivity index (χ2v) is 4.98. The lowest BCUT2D eigenvalue weighted by Gasteiger charge is -2.37. The van der Waals surface area contributed by atoms with E-state index in [1.165, 1.54) is 0 Å². The standard InChI is InChI=1S/C14H18N2O3/c15-14(13(18)19)9-5-4-8-11(14)16-12(17)10-6-2-1-3-7-10/h1-3,6-7,11H,4-5,8-9,15H2,(H,16,17)(H,18,19)/t11-,14+/m1/s1. The molecule has 102 valence electrons. The molecule has 0 heterocycles. The van der Waals surface area contributed by atoms with E-state index in [0.29, 0.717) is 18.4 Å². The number of benzene rings is 1. The Morgan fingerprint density at radius 1 is 1.26 bits per heavy atom. The van der Waals surface area contributed by atoms with Gasteiger partial charge >= 0.3 is 5.97 Å². The lowest BCUT2D eigenvalue weighted by Crippen LogP contribution is -2.64. The van der Waals surface area contributed by atoms with Gasteiger partial charge in [0.2, 0.25) is 0 Å². The predicted octanol–water partition coefficient (Wildman–Crippen LogP) is 1.14. The Bertz CT molecular complexity index is 475. The second kappa shape index (κ2) is 5.40. The molecule has 0 aromatic heterocycles. The fourth-order valence-electron chi connectivity index (χ4n) is 2.49. The lowest BCUT2D eigenvalue weighted by molar-refractivity contribution is -0.145. The molecule has 2 rings (SSSR count). The maximum Gasteiger partial charge on any atom is 0.325 e. The summed E-state index contributed by atoms with van der Waals surface area (Å²) in [6.07, 6.45) is 2.65. The van der Waals surface area contributed by atoms with Gasteiger partial charge in [-0.05, 0) is 25.0 Å². The molecule has 5 nitrogen and oxygen atoms in total. The number of rotatable bonds is 3. The molecule has 4 N–H and O–H groups in total. The number of carbonyl (C=O) groups excluding carboxylic acids is 1. The number of carbonyl (C=O) groups is 2. The van der Waals surface area contributed by atoms with Gasteiger partial charge in [-0.15, -0.1) is 0 Å². The fourth-order valence-corrected chi connectivity index (χ4v) is 2.49. The zero-order valence-electron chi connectivity index (χ0n) is 10.6. The number of hydrogen-bond acceptors (Lipinski definition) is 3. The van der Waals surface area contributed by atoms with Crippen LogP contribution in [0.4, 0.5) is 0 Å². The number of carboxylic acids is 1. The van der Waals surface area contributed by atoms with Crippen LogP contribution in [0.2, 0.25) is 0 Å². The van der Waals surface area contributed by atoms with Crippen LogP contribution in [0.15, 0.2) is 30.3 Å². The van der Waals surface area contributed by atoms with Crippen LogP contribution in [-0.4, -0.2) is 28.6 Å². The number of aliphatic carboxylic acids is 1. The van der Waals surface area contributed by atoms with Crippen LogP contribution >= 0.6 is 0 Å². The maximum absolute atomic E-state index is 12.1. The topological polar surface area (TPSA) is 92.4 Å². The molecule has 1 amide bonds. The Hall–Kier alpha value is -1.88. The number of carboxylic acid groups (broad SMARTS) is 1. The normalized spacial score (nSPS) is 26.7. The predicted molar refractivity (Wildman–Crippen MR) is 70.7 cm³/mol. The van der Waals surface area contributed by atoms with Gasteiger partial charge in [0, 0.05) is 5.56 Å². The third-order valence-electron chi connectivity index (χ3n) is 3.69. The molecule has 2 atom stereocenters. The van der Waals surface area contributed by atoms with E-state index in [-0.39, 0.29) is 5.91 Å². The Morgan fingerprint density at radius 3 is 2.58 bits per heavy atom. The molecular formula is C14H18N2O3. The van der Waals surface area contributed by atoms with E-state index in [4.69, 9.17) is 5.73 Å². The molecule has 1 aliphatic carbocycles. The van der Waals surface area contributed by atoms with Crippen molar-refractivity contribution in [3.63, 3.8) is 0 Å². The van der Waals surface area contributed by atoms with Gasteiger partial charge in [0.15, 0.2) is 0 Å². The monoisotopic (exact) mass is 262 g/mol. The molecule has 1 saturated carbocycles. The van der Waals surface area contributed by atoms with Gasteiger partial charge in [-0.3, -0.25) is 9.59 Å². The average molecular weight is 262 g/mol. The van der Waals surface area contributed by atoms with Crippen LogP contribution < -0.4 is 11.1 Å². The van der Waals surface area contributed by atoms with E-state index in [1.54, 1.807) is 24.3 Å². The third kappa shape index (κ3) is 2.76. The first-order valence-electron chi connectivity index (χ1n) is 6.42. The molecule has 1 aromatic rings. The molecule has 0 saturated heterocycles. The highest BCUT2D eigenvalue weighted by atomic mass is 16.4. The average Bonchev–Trinajstić information content (AvgIpc) is 2.42. The van der Waals surface area contributed by atoms with E-state index in [1.807, 2.05) is 6.07 Å². The molecule has 0 radical (unpaired) electrons. The molecule has 0 unspecified atom stereocenters. The molecule has 1 fully saturated rings. The van der Waals surface area contributed by atoms with Gasteiger partial charge < -0.3 is 16.2 Å². The number of hydrogen-bond donors (Lipinski definition) is 3. The van der Waals surface area contributed by atoms with Crippen molar-refractivity contribution >= 4 is 11.9 Å². The van der Waals surface area contributed by atoms with E-state index >= 15 is 0 Å². The minimum absolute atomic E-state index is 0.274. The lowest BCUT2D eigenvalue weighted by atomic mass is 9.78. The van der Waals surface area contributed by atoms with Crippen LogP contribution in [0, 0.1) is 0 Å². The summed E-state index contributed by atoms with van der Waals surface area (Å²) >= 11 is 0. The Balaban J connectivity index is 2.12. The number of amides is 1. The van der Waals surface area contributed by atoms with Crippen molar-refractivity contribution < 1.29 is 14.7 Å². The van der Waals surface area contributed by atoms with Gasteiger partial charge in [-0.1, -0.05) is 31.0 Å². The second-order valence-electron chi connectivity index (χ2n) is 4.98. The van der Waals surface area contributed by atoms with Crippen molar-refractivity contribution in [3.8, 4) is 0 Å². The first-order valence-corrected chi connectivity index (χ1v) is 6.42. The molecule has 5 heteroatoms. The van der Waals surface area contributed by atoms with Crippen LogP contribution in [0.3, 0.4) is 0 Å². The maximum atomic E-state index is 12.1. The largest absolute Gasteiger partial charge is 0.480 e. The summed E-state index contributed by atoms with van der Waals surface area (Å²) in [7, 11) is 0. The number of nitrogens with two attached hydrogens (primary N) is 1. The molecular weight excluding hydrogens is 244 g/mol. The zero-order chi connectivity index (χ0) is 13.9. The SMILES string of the molecule is N[C@@]1(C(=O)O)CCCC[C@H]1NC(=O)c1ccccc1. The van der Waals surface area contributed by atoms with Crippen molar-refractivity contribution in [2.24, 2.45) is 5.73 Å². The third-order valence-corrected chi connectivity index (χ3v) is 3.69. The highest BCUT2D eigenvalue weighted by molar-refractivity contribution is 5.95. The summed E-state index contributed by atoms with van der Waals surface area (Å²) < 4.78 is 0. The minimum atomic E-state index is -1.36. The summed E-state index contributed by atoms with van der Waals surface area (Å²) in [6, 6.07) is 8.22. The minimum Gasteiger partial charge on any atom is -0.480 e. The summed E-state index contributed by atoms with van der Waals surface area (Å²) in [5.41, 5.74) is 5.11. The van der Waals surface area contributed by atoms with Crippen molar-refractivity contribution in [2.75, 3.05) is 0 Å². The van der Waals surface area contributed by atoms with Gasteiger partial charge in [-0.25, -0.2) is 0 Å². The van der Waals surface area contributed by atoms with E-state index in [2.05, 4.69) is 5.32 Å². The Morgan fingerprint density at radius 2 is 1.95 bits per heavy atom. The molecule has 1 aromatic carbocycles. The van der Waals surface area contributed by atoms with E-state index in [9.17, 15) is 14.7 Å². The van der Waals surface area contributed by atoms with Crippen LogP contribution in [0.1, 0.15) is 36.0 Å². The van der Waals surface area contributed by atoms with E-state index < -0.39 is 17.6 Å². The van der Waals surface area contributed by atoms with Crippen molar-refractivity contribution in [2.45, 2.75) is 37.3 Å². The first-order chi connectivity index (χ1) is 9.04. The van der Waals surface area contributed by atoms with Crippen molar-refractivity contribution in [1.82, 2.24) is 5.32 Å². The van der Waals surface area contributed by atoms with Gasteiger partial charge in [0.25, 0.3) is 5.91 Å². The van der Waals surface area contributed by atoms with Crippen molar-refractivity contribution in [3.05, 3.63) is 35.9 Å². The molecule has 1 aliphatic rings. The molecule has 0 bridgehead atoms. The summed E-state index contributed by atoms with van der Waals surface area (Å²) in [6.45, 7) is 0. The summed E-state index contributed by atoms with van der Waals surface area (Å²) in [5, 5.41) is 12.0. The highest BCUT2D eigenvalue weighted by Gasteiger charge is 2.44. The zero-order valence-corrected chi connectivity index (χ0v) is 10.6. The van der Waals surface area contributed by atoms with Crippen LogP contribution in [0.5, 0.6) is 0 Å². The van der Waals surface area contributed by atoms with Crippen molar-refractivity contribution in [1.29, 1.82) is 0 Å². The smallest absolute Gasteiger partial charge is 0.325 e. The Kier molecular flexibility index (Phi) is 3.85. The highest BCUT2D eigenvalue weighted by Crippen LogP contribution is 2.27. The Labute approximate surface area is 111 Å². The molecule has 0 spiro atoms. The fraction of sp³-hybridized carbons (Fsp3) is 0.429.